The van der Waals surface area contributed by atoms with Crippen LogP contribution >= 0.6 is 23.4 Å². The standard InChI is InChI=1S/C24H31ClFN5OS/c1-14-11-30(7-8-31(14)22-21-15(2)33-12-20(21)28-13-29-22)23(32)17(10-24(3,4)27)16-5-6-18(25)19(26)9-16/h5-6,9,13-15,17H,7-8,10-12,27H2,1-4H3/t14-,15+,17?/m0/s1. The number of benzene rings is 1. The average molecular weight is 492 g/mol. The van der Waals surface area contributed by atoms with Crippen LogP contribution in [0, 0.1) is 5.82 Å². The van der Waals surface area contributed by atoms with E-state index in [2.05, 4.69) is 28.7 Å². The maximum Gasteiger partial charge on any atom is 0.230 e. The average Bonchev–Trinajstić information content (AvgIpc) is 3.14. The highest BCUT2D eigenvalue weighted by Gasteiger charge is 2.36. The monoisotopic (exact) mass is 491 g/mol. The fourth-order valence-corrected chi connectivity index (χ4v) is 5.93. The van der Waals surface area contributed by atoms with Crippen molar-refractivity contribution in [3.05, 3.63) is 52.2 Å². The molecule has 33 heavy (non-hydrogen) atoms. The van der Waals surface area contributed by atoms with Gasteiger partial charge in [-0.1, -0.05) is 17.7 Å². The molecular weight excluding hydrogens is 461 g/mol. The van der Waals surface area contributed by atoms with Gasteiger partial charge < -0.3 is 15.5 Å². The van der Waals surface area contributed by atoms with Gasteiger partial charge in [-0.3, -0.25) is 4.79 Å². The molecule has 3 atom stereocenters. The molecule has 0 radical (unpaired) electrons. The second-order valence-corrected chi connectivity index (χ2v) is 11.5. The summed E-state index contributed by atoms with van der Waals surface area (Å²) in [5.74, 6) is 0.808. The number of halogens is 2. The van der Waals surface area contributed by atoms with Crippen molar-refractivity contribution in [2.75, 3.05) is 24.5 Å². The molecular formula is C24H31ClFN5OS. The number of amides is 1. The van der Waals surface area contributed by atoms with Gasteiger partial charge in [0.25, 0.3) is 0 Å². The second-order valence-electron chi connectivity index (χ2n) is 9.76. The van der Waals surface area contributed by atoms with Crippen molar-refractivity contribution < 1.29 is 9.18 Å². The van der Waals surface area contributed by atoms with Gasteiger partial charge in [-0.05, 0) is 51.8 Å². The SMILES string of the molecule is C[C@H]1SCc2ncnc(N3CCN(C(=O)C(CC(C)(C)N)c4ccc(Cl)c(F)c4)C[C@@H]3C)c21. The molecule has 1 saturated heterocycles. The Morgan fingerprint density at radius 1 is 1.33 bits per heavy atom. The van der Waals surface area contributed by atoms with Crippen LogP contribution in [0.5, 0.6) is 0 Å². The Balaban J connectivity index is 1.55. The summed E-state index contributed by atoms with van der Waals surface area (Å²) in [6, 6.07) is 4.68. The van der Waals surface area contributed by atoms with Crippen molar-refractivity contribution >= 4 is 35.1 Å². The van der Waals surface area contributed by atoms with Crippen LogP contribution in [0.15, 0.2) is 24.5 Å². The molecule has 1 fully saturated rings. The summed E-state index contributed by atoms with van der Waals surface area (Å²) in [6.45, 7) is 9.89. The van der Waals surface area contributed by atoms with Crippen molar-refractivity contribution in [3.63, 3.8) is 0 Å². The molecule has 0 spiro atoms. The van der Waals surface area contributed by atoms with E-state index < -0.39 is 17.3 Å². The normalized spacial score (nSPS) is 21.8. The number of anilines is 1. The second kappa shape index (κ2) is 9.39. The number of carbonyl (C=O) groups excluding carboxylic acids is 1. The fourth-order valence-electron chi connectivity index (χ4n) is 4.76. The summed E-state index contributed by atoms with van der Waals surface area (Å²) >= 11 is 7.75. The molecule has 2 aliphatic heterocycles. The number of hydrogen-bond donors (Lipinski definition) is 1. The number of rotatable bonds is 5. The van der Waals surface area contributed by atoms with Crippen LogP contribution in [-0.4, -0.2) is 52.0 Å². The Morgan fingerprint density at radius 3 is 2.76 bits per heavy atom. The molecule has 3 heterocycles. The quantitative estimate of drug-likeness (QED) is 0.662. The first kappa shape index (κ1) is 24.2. The van der Waals surface area contributed by atoms with Crippen LogP contribution < -0.4 is 10.6 Å². The molecule has 9 heteroatoms. The van der Waals surface area contributed by atoms with Gasteiger partial charge in [0.1, 0.15) is 18.0 Å². The van der Waals surface area contributed by atoms with Gasteiger partial charge in [0.05, 0.1) is 16.6 Å². The van der Waals surface area contributed by atoms with E-state index in [1.54, 1.807) is 12.4 Å². The highest BCUT2D eigenvalue weighted by atomic mass is 35.5. The van der Waals surface area contributed by atoms with Crippen molar-refractivity contribution in [1.29, 1.82) is 0 Å². The zero-order valence-corrected chi connectivity index (χ0v) is 21.1. The maximum absolute atomic E-state index is 14.2. The summed E-state index contributed by atoms with van der Waals surface area (Å²) in [5.41, 5.74) is 8.63. The first-order valence-electron chi connectivity index (χ1n) is 11.3. The van der Waals surface area contributed by atoms with Gasteiger partial charge in [-0.15, -0.1) is 11.8 Å². The maximum atomic E-state index is 14.2. The third-order valence-corrected chi connectivity index (χ3v) is 7.89. The molecule has 1 amide bonds. The van der Waals surface area contributed by atoms with Crippen molar-refractivity contribution in [2.45, 2.75) is 62.6 Å². The van der Waals surface area contributed by atoms with Crippen LogP contribution in [0.2, 0.25) is 5.02 Å². The predicted octanol–water partition coefficient (Wildman–Crippen LogP) is 4.53. The number of piperazine rings is 1. The van der Waals surface area contributed by atoms with Gasteiger partial charge in [0.15, 0.2) is 0 Å². The Hall–Kier alpha value is -1.90. The molecule has 2 N–H and O–H groups in total. The minimum absolute atomic E-state index is 0.0291. The molecule has 0 saturated carbocycles. The first-order chi connectivity index (χ1) is 15.5. The Labute approximate surface area is 204 Å². The summed E-state index contributed by atoms with van der Waals surface area (Å²) in [6.07, 6.45) is 2.06. The fraction of sp³-hybridized carbons (Fsp3) is 0.542. The summed E-state index contributed by atoms with van der Waals surface area (Å²) in [5, 5.41) is 0.406. The van der Waals surface area contributed by atoms with E-state index in [9.17, 15) is 9.18 Å². The van der Waals surface area contributed by atoms with Gasteiger partial charge >= 0.3 is 0 Å². The first-order valence-corrected chi connectivity index (χ1v) is 12.7. The van der Waals surface area contributed by atoms with Crippen LogP contribution in [-0.2, 0) is 10.5 Å². The lowest BCUT2D eigenvalue weighted by Crippen LogP contribution is -2.55. The summed E-state index contributed by atoms with van der Waals surface area (Å²) in [4.78, 5) is 26.9. The van der Waals surface area contributed by atoms with Gasteiger partial charge in [-0.2, -0.15) is 0 Å². The van der Waals surface area contributed by atoms with E-state index >= 15 is 0 Å². The van der Waals surface area contributed by atoms with Gasteiger partial charge in [-0.25, -0.2) is 14.4 Å². The van der Waals surface area contributed by atoms with E-state index in [1.165, 1.54) is 17.7 Å². The molecule has 178 valence electrons. The Morgan fingerprint density at radius 2 is 2.09 bits per heavy atom. The number of thioether (sulfide) groups is 1. The minimum Gasteiger partial charge on any atom is -0.350 e. The smallest absolute Gasteiger partial charge is 0.230 e. The molecule has 6 nitrogen and oxygen atoms in total. The van der Waals surface area contributed by atoms with E-state index in [0.29, 0.717) is 36.9 Å². The minimum atomic E-state index is -0.584. The van der Waals surface area contributed by atoms with Crippen LogP contribution in [0.4, 0.5) is 10.2 Å². The third kappa shape index (κ3) is 5.12. The topological polar surface area (TPSA) is 75.4 Å². The molecule has 4 rings (SSSR count). The van der Waals surface area contributed by atoms with Crippen LogP contribution in [0.25, 0.3) is 0 Å². The number of nitrogens with zero attached hydrogens (tertiary/aromatic N) is 4. The number of hydrogen-bond acceptors (Lipinski definition) is 6. The number of carbonyl (C=O) groups is 1. The number of aromatic nitrogens is 2. The van der Waals surface area contributed by atoms with E-state index in [-0.39, 0.29) is 17.0 Å². The highest BCUT2D eigenvalue weighted by molar-refractivity contribution is 7.99. The van der Waals surface area contributed by atoms with Gasteiger partial charge in [0.2, 0.25) is 5.91 Å². The van der Waals surface area contributed by atoms with E-state index in [1.807, 2.05) is 30.5 Å². The van der Waals surface area contributed by atoms with Gasteiger partial charge in [0, 0.05) is 47.8 Å². The zero-order chi connectivity index (χ0) is 23.9. The van der Waals surface area contributed by atoms with E-state index in [4.69, 9.17) is 17.3 Å². The third-order valence-electron chi connectivity index (χ3n) is 6.41. The molecule has 2 aliphatic rings. The molecule has 1 aromatic carbocycles. The lowest BCUT2D eigenvalue weighted by atomic mass is 9.85. The predicted molar refractivity (Wildman–Crippen MR) is 132 cm³/mol. The largest absolute Gasteiger partial charge is 0.350 e. The molecule has 1 unspecified atom stereocenters. The lowest BCUT2D eigenvalue weighted by molar-refractivity contribution is -0.134. The summed E-state index contributed by atoms with van der Waals surface area (Å²) < 4.78 is 14.2. The van der Waals surface area contributed by atoms with Crippen LogP contribution in [0.3, 0.4) is 0 Å². The Bertz CT molecular complexity index is 1050. The molecule has 0 bridgehead atoms. The molecule has 0 aliphatic carbocycles. The van der Waals surface area contributed by atoms with Crippen LogP contribution in [0.1, 0.15) is 62.1 Å². The highest BCUT2D eigenvalue weighted by Crippen LogP contribution is 2.44. The summed E-state index contributed by atoms with van der Waals surface area (Å²) in [7, 11) is 0. The zero-order valence-electron chi connectivity index (χ0n) is 19.5. The van der Waals surface area contributed by atoms with E-state index in [0.717, 1.165) is 17.3 Å². The molecule has 2 aromatic rings. The number of nitrogens with two attached hydrogens (primary N) is 1. The van der Waals surface area contributed by atoms with Crippen molar-refractivity contribution in [2.24, 2.45) is 5.73 Å². The lowest BCUT2D eigenvalue weighted by Gasteiger charge is -2.42. The molecule has 1 aromatic heterocycles. The van der Waals surface area contributed by atoms with Crippen molar-refractivity contribution in [3.8, 4) is 0 Å². The van der Waals surface area contributed by atoms with Crippen molar-refractivity contribution in [1.82, 2.24) is 14.9 Å². The Kier molecular flexibility index (Phi) is 6.90. The number of fused-ring (bicyclic) bond motifs is 1.